The Kier molecular flexibility index (Phi) is 4.94. The van der Waals surface area contributed by atoms with Crippen LogP contribution < -0.4 is 10.2 Å². The molecule has 0 saturated carbocycles. The summed E-state index contributed by atoms with van der Waals surface area (Å²) in [6, 6.07) is 19.8. The highest BCUT2D eigenvalue weighted by molar-refractivity contribution is 5.98. The van der Waals surface area contributed by atoms with Crippen LogP contribution in [0.3, 0.4) is 0 Å². The fourth-order valence-corrected chi connectivity index (χ4v) is 2.90. The molecule has 1 amide bonds. The van der Waals surface area contributed by atoms with Gasteiger partial charge in [0, 0.05) is 11.1 Å². The highest BCUT2D eigenvalue weighted by atomic mass is 16.5. The predicted octanol–water partition coefficient (Wildman–Crippen LogP) is 3.71. The summed E-state index contributed by atoms with van der Waals surface area (Å²) < 4.78 is 4.99. The first-order chi connectivity index (χ1) is 14.1. The summed E-state index contributed by atoms with van der Waals surface area (Å²) in [4.78, 5) is 20.2. The third-order valence-corrected chi connectivity index (χ3v) is 4.37. The van der Waals surface area contributed by atoms with Crippen molar-refractivity contribution in [2.24, 2.45) is 5.10 Å². The largest absolute Gasteiger partial charge is 0.504 e. The lowest BCUT2D eigenvalue weighted by atomic mass is 10.2. The van der Waals surface area contributed by atoms with Crippen LogP contribution >= 0.6 is 0 Å². The van der Waals surface area contributed by atoms with E-state index in [0.717, 1.165) is 22.4 Å². The van der Waals surface area contributed by atoms with Gasteiger partial charge in [-0.15, -0.1) is 0 Å². The van der Waals surface area contributed by atoms with Crippen LogP contribution in [0.2, 0.25) is 0 Å². The van der Waals surface area contributed by atoms with E-state index in [1.807, 2.05) is 30.3 Å². The molecule has 1 aromatic heterocycles. The van der Waals surface area contributed by atoms with Crippen molar-refractivity contribution in [2.45, 2.75) is 0 Å². The number of rotatable bonds is 5. The van der Waals surface area contributed by atoms with Crippen LogP contribution in [-0.2, 0) is 0 Å². The smallest absolute Gasteiger partial charge is 0.271 e. The number of aromatic amines is 1. The van der Waals surface area contributed by atoms with Gasteiger partial charge in [-0.3, -0.25) is 4.79 Å². The van der Waals surface area contributed by atoms with Crippen LogP contribution in [0.1, 0.15) is 15.9 Å². The second-order valence-electron chi connectivity index (χ2n) is 6.31. The number of nitrogens with zero attached hydrogens (tertiary/aromatic N) is 2. The van der Waals surface area contributed by atoms with E-state index in [2.05, 4.69) is 20.5 Å². The Morgan fingerprint density at radius 3 is 2.72 bits per heavy atom. The lowest BCUT2D eigenvalue weighted by Gasteiger charge is -2.03. The number of carbonyl (C=O) groups excluding carboxylic acids is 1. The number of hydrogen-bond acceptors (Lipinski definition) is 5. The zero-order valence-electron chi connectivity index (χ0n) is 15.6. The Labute approximate surface area is 166 Å². The minimum absolute atomic E-state index is 0.00157. The molecule has 0 unspecified atom stereocenters. The number of H-pyrrole nitrogens is 1. The van der Waals surface area contributed by atoms with E-state index in [1.165, 1.54) is 19.4 Å². The molecule has 0 saturated heterocycles. The maximum Gasteiger partial charge on any atom is 0.271 e. The molecule has 3 N–H and O–H groups in total. The molecule has 0 spiro atoms. The fourth-order valence-electron chi connectivity index (χ4n) is 2.90. The van der Waals surface area contributed by atoms with E-state index in [-0.39, 0.29) is 11.7 Å². The van der Waals surface area contributed by atoms with Gasteiger partial charge in [-0.2, -0.15) is 5.10 Å². The summed E-state index contributed by atoms with van der Waals surface area (Å²) in [6.45, 7) is 0. The molecule has 0 aliphatic rings. The summed E-state index contributed by atoms with van der Waals surface area (Å²) in [5.41, 5.74) is 6.08. The van der Waals surface area contributed by atoms with Crippen molar-refractivity contribution in [3.63, 3.8) is 0 Å². The maximum atomic E-state index is 12.4. The number of benzene rings is 3. The van der Waals surface area contributed by atoms with Crippen molar-refractivity contribution in [1.29, 1.82) is 0 Å². The molecule has 0 radical (unpaired) electrons. The second kappa shape index (κ2) is 7.85. The van der Waals surface area contributed by atoms with Crippen molar-refractivity contribution in [1.82, 2.24) is 15.4 Å². The van der Waals surface area contributed by atoms with Crippen LogP contribution in [0.15, 0.2) is 71.8 Å². The number of carbonyl (C=O) groups is 1. The van der Waals surface area contributed by atoms with Gasteiger partial charge in [0.25, 0.3) is 5.91 Å². The van der Waals surface area contributed by atoms with Crippen LogP contribution in [-0.4, -0.2) is 34.3 Å². The molecule has 29 heavy (non-hydrogen) atoms. The molecule has 0 fully saturated rings. The summed E-state index contributed by atoms with van der Waals surface area (Å²) in [5, 5.41) is 13.7. The summed E-state index contributed by atoms with van der Waals surface area (Å²) >= 11 is 0. The number of ether oxygens (including phenoxy) is 1. The Balaban J connectivity index is 1.49. The summed E-state index contributed by atoms with van der Waals surface area (Å²) in [6.07, 6.45) is 1.44. The highest BCUT2D eigenvalue weighted by Gasteiger charge is 2.09. The predicted molar refractivity (Wildman–Crippen MR) is 111 cm³/mol. The maximum absolute atomic E-state index is 12.4. The topological polar surface area (TPSA) is 99.6 Å². The number of hydrogen-bond donors (Lipinski definition) is 3. The van der Waals surface area contributed by atoms with Gasteiger partial charge >= 0.3 is 0 Å². The molecule has 0 atom stereocenters. The number of hydrazone groups is 1. The Morgan fingerprint density at radius 2 is 1.97 bits per heavy atom. The fraction of sp³-hybridized carbons (Fsp3) is 0.0455. The molecule has 144 valence electrons. The minimum atomic E-state index is -0.350. The number of nitrogens with one attached hydrogen (secondary N) is 2. The minimum Gasteiger partial charge on any atom is -0.504 e. The molecule has 3 aromatic carbocycles. The molecular formula is C22H18N4O3. The Morgan fingerprint density at radius 1 is 1.14 bits per heavy atom. The van der Waals surface area contributed by atoms with E-state index in [9.17, 15) is 9.90 Å². The molecule has 0 aliphatic heterocycles. The highest BCUT2D eigenvalue weighted by Crippen LogP contribution is 2.25. The zero-order chi connectivity index (χ0) is 20.2. The quantitative estimate of drug-likeness (QED) is 0.360. The van der Waals surface area contributed by atoms with E-state index >= 15 is 0 Å². The number of aromatic hydroxyl groups is 1. The van der Waals surface area contributed by atoms with Crippen LogP contribution in [0.25, 0.3) is 22.4 Å². The normalized spacial score (nSPS) is 11.1. The lowest BCUT2D eigenvalue weighted by molar-refractivity contribution is 0.0955. The SMILES string of the molecule is COc1ccc(/C=N/NC(=O)c2ccc3nc(-c4ccccc4)[nH]c3c2)cc1O. The second-order valence-corrected chi connectivity index (χ2v) is 6.31. The number of methoxy groups -OCH3 is 1. The summed E-state index contributed by atoms with van der Waals surface area (Å²) in [5.74, 6) is 0.767. The first-order valence-corrected chi connectivity index (χ1v) is 8.89. The van der Waals surface area contributed by atoms with Gasteiger partial charge in [-0.25, -0.2) is 10.4 Å². The van der Waals surface area contributed by atoms with Crippen molar-refractivity contribution in [3.8, 4) is 22.9 Å². The Bertz CT molecular complexity index is 1200. The van der Waals surface area contributed by atoms with Gasteiger partial charge in [0.2, 0.25) is 0 Å². The molecule has 0 bridgehead atoms. The van der Waals surface area contributed by atoms with Crippen molar-refractivity contribution in [2.75, 3.05) is 7.11 Å². The third-order valence-electron chi connectivity index (χ3n) is 4.37. The third kappa shape index (κ3) is 3.93. The first kappa shape index (κ1) is 18.2. The average molecular weight is 386 g/mol. The van der Waals surface area contributed by atoms with Crippen molar-refractivity contribution >= 4 is 23.2 Å². The van der Waals surface area contributed by atoms with Crippen molar-refractivity contribution in [3.05, 3.63) is 77.9 Å². The molecule has 4 rings (SSSR count). The molecule has 1 heterocycles. The number of phenolic OH excluding ortho intramolecular Hbond substituents is 1. The van der Waals surface area contributed by atoms with Gasteiger partial charge in [-0.1, -0.05) is 30.3 Å². The van der Waals surface area contributed by atoms with E-state index in [1.54, 1.807) is 30.3 Å². The molecule has 4 aromatic rings. The van der Waals surface area contributed by atoms with E-state index < -0.39 is 0 Å². The lowest BCUT2D eigenvalue weighted by Crippen LogP contribution is -2.17. The average Bonchev–Trinajstić information content (AvgIpc) is 3.18. The van der Waals surface area contributed by atoms with Crippen LogP contribution in [0, 0.1) is 0 Å². The molecule has 7 heteroatoms. The van der Waals surface area contributed by atoms with Gasteiger partial charge in [0.15, 0.2) is 11.5 Å². The van der Waals surface area contributed by atoms with Crippen LogP contribution in [0.4, 0.5) is 0 Å². The summed E-state index contributed by atoms with van der Waals surface area (Å²) in [7, 11) is 1.47. The molecular weight excluding hydrogens is 368 g/mol. The zero-order valence-corrected chi connectivity index (χ0v) is 15.6. The Hall–Kier alpha value is -4.13. The van der Waals surface area contributed by atoms with Crippen molar-refractivity contribution < 1.29 is 14.6 Å². The monoisotopic (exact) mass is 386 g/mol. The van der Waals surface area contributed by atoms with E-state index in [0.29, 0.717) is 16.9 Å². The number of aromatic nitrogens is 2. The van der Waals surface area contributed by atoms with Gasteiger partial charge in [-0.05, 0) is 42.0 Å². The molecule has 7 nitrogen and oxygen atoms in total. The van der Waals surface area contributed by atoms with Gasteiger partial charge in [0.1, 0.15) is 5.82 Å². The number of fused-ring (bicyclic) bond motifs is 1. The van der Waals surface area contributed by atoms with Crippen LogP contribution in [0.5, 0.6) is 11.5 Å². The number of amides is 1. The molecule has 0 aliphatic carbocycles. The van der Waals surface area contributed by atoms with Gasteiger partial charge < -0.3 is 14.8 Å². The van der Waals surface area contributed by atoms with E-state index in [4.69, 9.17) is 4.74 Å². The first-order valence-electron chi connectivity index (χ1n) is 8.89. The number of imidazole rings is 1. The van der Waals surface area contributed by atoms with Gasteiger partial charge in [0.05, 0.1) is 24.4 Å². The standard InChI is InChI=1S/C22H18N4O3/c1-29-20-10-7-14(11-19(20)27)13-23-26-22(28)16-8-9-17-18(12-16)25-21(24-17)15-5-3-2-4-6-15/h2-13,27H,1H3,(H,24,25)(H,26,28)/b23-13+. The number of phenols is 1.